The average Bonchev–Trinajstić information content (AvgIpc) is 2.65. The maximum absolute atomic E-state index is 12.6. The Bertz CT molecular complexity index is 929. The number of aromatic nitrogens is 2. The van der Waals surface area contributed by atoms with Gasteiger partial charge in [0.1, 0.15) is 22.9 Å². The second kappa shape index (κ2) is 8.46. The van der Waals surface area contributed by atoms with E-state index in [-0.39, 0.29) is 23.5 Å². The van der Waals surface area contributed by atoms with Crippen LogP contribution in [0.5, 0.6) is 0 Å². The van der Waals surface area contributed by atoms with Crippen molar-refractivity contribution in [3.63, 3.8) is 0 Å². The minimum Gasteiger partial charge on any atom is -0.392 e. The van der Waals surface area contributed by atoms with E-state index in [1.807, 2.05) is 26.8 Å². The molecule has 1 unspecified atom stereocenters. The van der Waals surface area contributed by atoms with E-state index in [0.717, 1.165) is 30.7 Å². The number of piperidine rings is 1. The van der Waals surface area contributed by atoms with Gasteiger partial charge < -0.3 is 10.0 Å². The van der Waals surface area contributed by atoms with Gasteiger partial charge in [0.2, 0.25) is 0 Å². The molecule has 0 spiro atoms. The molecule has 3 atom stereocenters. The van der Waals surface area contributed by atoms with Crippen molar-refractivity contribution < 1.29 is 9.90 Å². The molecule has 3 rings (SSSR count). The number of nitriles is 1. The Hall–Kier alpha value is -2.52. The van der Waals surface area contributed by atoms with Crippen LogP contribution in [0, 0.1) is 28.6 Å². The molecule has 29 heavy (non-hydrogen) atoms. The lowest BCUT2D eigenvalue weighted by molar-refractivity contribution is -0.123. The van der Waals surface area contributed by atoms with Gasteiger partial charge in [0.25, 0.3) is 0 Å². The lowest BCUT2D eigenvalue weighted by atomic mass is 9.82. The van der Waals surface area contributed by atoms with Crippen LogP contribution in [0.25, 0.3) is 11.0 Å². The molecule has 1 saturated heterocycles. The van der Waals surface area contributed by atoms with E-state index in [0.29, 0.717) is 23.4 Å². The molecule has 1 aromatic heterocycles. The Kier molecular flexibility index (Phi) is 6.18. The van der Waals surface area contributed by atoms with Gasteiger partial charge in [-0.05, 0) is 35.8 Å². The second-order valence-electron chi connectivity index (χ2n) is 9.44. The van der Waals surface area contributed by atoms with Crippen LogP contribution in [-0.2, 0) is 4.79 Å². The zero-order valence-corrected chi connectivity index (χ0v) is 17.7. The summed E-state index contributed by atoms with van der Waals surface area (Å²) in [6.45, 7) is 9.70. The molecule has 1 aliphatic rings. The van der Waals surface area contributed by atoms with Gasteiger partial charge in [-0.1, -0.05) is 27.7 Å². The predicted octanol–water partition coefficient (Wildman–Crippen LogP) is 3.72. The van der Waals surface area contributed by atoms with Crippen LogP contribution in [0.1, 0.15) is 52.5 Å². The first-order valence-electron chi connectivity index (χ1n) is 10.3. The predicted molar refractivity (Wildman–Crippen MR) is 113 cm³/mol. The number of hydrogen-bond donors (Lipinski definition) is 1. The quantitative estimate of drug-likeness (QED) is 0.831. The number of ketones is 1. The van der Waals surface area contributed by atoms with Gasteiger partial charge >= 0.3 is 0 Å². The van der Waals surface area contributed by atoms with E-state index in [1.165, 1.54) is 0 Å². The molecule has 1 N–H and O–H groups in total. The topological polar surface area (TPSA) is 90.1 Å². The van der Waals surface area contributed by atoms with Gasteiger partial charge in [-0.2, -0.15) is 5.26 Å². The Balaban J connectivity index is 1.78. The number of rotatable bonds is 5. The van der Waals surface area contributed by atoms with Crippen LogP contribution in [0.2, 0.25) is 0 Å². The molecule has 0 bridgehead atoms. The summed E-state index contributed by atoms with van der Waals surface area (Å²) in [4.78, 5) is 23.7. The molecule has 2 aromatic rings. The molecule has 2 heterocycles. The van der Waals surface area contributed by atoms with Crippen molar-refractivity contribution in [2.45, 2.75) is 53.1 Å². The van der Waals surface area contributed by atoms with Crippen molar-refractivity contribution in [2.24, 2.45) is 17.3 Å². The normalized spacial score (nSPS) is 21.0. The first kappa shape index (κ1) is 21.2. The first-order valence-corrected chi connectivity index (χ1v) is 10.3. The Labute approximate surface area is 172 Å². The number of carbonyl (C=O) groups is 1. The van der Waals surface area contributed by atoms with E-state index in [2.05, 4.69) is 27.9 Å². The van der Waals surface area contributed by atoms with Crippen LogP contribution in [0.15, 0.2) is 24.5 Å². The lowest BCUT2D eigenvalue weighted by Gasteiger charge is -2.38. The summed E-state index contributed by atoms with van der Waals surface area (Å²) in [5.41, 5.74) is 2.54. The number of nitrogens with zero attached hydrogens (tertiary/aromatic N) is 4. The van der Waals surface area contributed by atoms with Crippen LogP contribution in [-0.4, -0.2) is 40.1 Å². The fourth-order valence-electron chi connectivity index (χ4n) is 4.14. The smallest absolute Gasteiger partial charge is 0.135 e. The number of aliphatic hydroxyl groups is 1. The van der Waals surface area contributed by atoms with Crippen LogP contribution >= 0.6 is 0 Å². The van der Waals surface area contributed by atoms with Crippen LogP contribution < -0.4 is 4.90 Å². The van der Waals surface area contributed by atoms with Gasteiger partial charge in [-0.15, -0.1) is 0 Å². The molecule has 6 heteroatoms. The monoisotopic (exact) mass is 394 g/mol. The minimum absolute atomic E-state index is 0.121. The zero-order valence-electron chi connectivity index (χ0n) is 17.7. The molecule has 0 radical (unpaired) electrons. The molecule has 1 aromatic carbocycles. The highest BCUT2D eigenvalue weighted by molar-refractivity contribution is 5.92. The molecule has 0 amide bonds. The number of hydrogen-bond acceptors (Lipinski definition) is 6. The third kappa shape index (κ3) is 4.91. The zero-order chi connectivity index (χ0) is 21.2. The number of Topliss-reactive ketones (excluding diaryl/α,β-unsaturated/α-hetero) is 1. The number of fused-ring (bicyclic) bond motifs is 1. The van der Waals surface area contributed by atoms with Gasteiger partial charge in [-0.3, -0.25) is 14.8 Å². The van der Waals surface area contributed by atoms with Crippen molar-refractivity contribution in [2.75, 3.05) is 18.0 Å². The summed E-state index contributed by atoms with van der Waals surface area (Å²) < 4.78 is 0. The second-order valence-corrected chi connectivity index (χ2v) is 9.44. The Morgan fingerprint density at radius 2 is 1.97 bits per heavy atom. The van der Waals surface area contributed by atoms with E-state index in [1.54, 1.807) is 18.5 Å². The Morgan fingerprint density at radius 1 is 1.28 bits per heavy atom. The van der Waals surface area contributed by atoms with Crippen molar-refractivity contribution >= 4 is 22.5 Å². The largest absolute Gasteiger partial charge is 0.392 e. The summed E-state index contributed by atoms with van der Waals surface area (Å²) in [6.07, 6.45) is 4.31. The van der Waals surface area contributed by atoms with E-state index in [4.69, 9.17) is 0 Å². The van der Waals surface area contributed by atoms with Gasteiger partial charge in [0.05, 0.1) is 17.4 Å². The molecule has 1 aliphatic heterocycles. The lowest BCUT2D eigenvalue weighted by Crippen LogP contribution is -2.41. The number of benzene rings is 1. The third-order valence-corrected chi connectivity index (χ3v) is 5.75. The van der Waals surface area contributed by atoms with Crippen molar-refractivity contribution in [1.29, 1.82) is 5.26 Å². The number of carbonyl (C=O) groups excluding carboxylic acids is 1. The van der Waals surface area contributed by atoms with Crippen molar-refractivity contribution in [1.82, 2.24) is 9.97 Å². The van der Waals surface area contributed by atoms with Gasteiger partial charge in [0.15, 0.2) is 0 Å². The summed E-state index contributed by atoms with van der Waals surface area (Å²) in [6, 6.07) is 5.92. The first-order chi connectivity index (χ1) is 13.7. The minimum atomic E-state index is -0.620. The van der Waals surface area contributed by atoms with Crippen molar-refractivity contribution in [3.05, 3.63) is 30.1 Å². The summed E-state index contributed by atoms with van der Waals surface area (Å²) in [5.74, 6) is 0.799. The Morgan fingerprint density at radius 3 is 2.62 bits per heavy atom. The number of aliphatic hydroxyl groups excluding tert-OH is 1. The van der Waals surface area contributed by atoms with E-state index < -0.39 is 6.10 Å². The molecular weight excluding hydrogens is 364 g/mol. The molecule has 0 aliphatic carbocycles. The van der Waals surface area contributed by atoms with E-state index >= 15 is 0 Å². The fraction of sp³-hybridized carbons (Fsp3) is 0.565. The van der Waals surface area contributed by atoms with Crippen molar-refractivity contribution in [3.8, 4) is 6.07 Å². The summed E-state index contributed by atoms with van der Waals surface area (Å²) in [7, 11) is 0. The summed E-state index contributed by atoms with van der Waals surface area (Å²) >= 11 is 0. The molecule has 1 fully saturated rings. The van der Waals surface area contributed by atoms with Crippen LogP contribution in [0.4, 0.5) is 5.69 Å². The van der Waals surface area contributed by atoms with E-state index in [9.17, 15) is 15.2 Å². The maximum atomic E-state index is 12.6. The highest BCUT2D eigenvalue weighted by Gasteiger charge is 2.30. The van der Waals surface area contributed by atoms with Gasteiger partial charge in [0, 0.05) is 38.3 Å². The van der Waals surface area contributed by atoms with Gasteiger partial charge in [-0.25, -0.2) is 0 Å². The molecular formula is C23H30N4O2. The number of anilines is 1. The molecule has 0 saturated carbocycles. The molecule has 154 valence electrons. The average molecular weight is 395 g/mol. The fourth-order valence-corrected chi connectivity index (χ4v) is 4.14. The SMILES string of the molecule is C[C@H]1C[C@@H](CC(=O)CC(O)C(C)(C)C)CN(c2ccc(C#N)c3nccnc23)C1. The maximum Gasteiger partial charge on any atom is 0.135 e. The summed E-state index contributed by atoms with van der Waals surface area (Å²) in [5, 5.41) is 19.6. The third-order valence-electron chi connectivity index (χ3n) is 5.75. The highest BCUT2D eigenvalue weighted by atomic mass is 16.3. The highest BCUT2D eigenvalue weighted by Crippen LogP contribution is 2.33. The van der Waals surface area contributed by atoms with Crippen LogP contribution in [0.3, 0.4) is 0 Å². The molecule has 6 nitrogen and oxygen atoms in total. The standard InChI is InChI=1S/C23H30N4O2/c1-15-9-16(10-18(28)11-20(29)23(2,3)4)14-27(13-15)19-6-5-17(12-24)21-22(19)26-8-7-25-21/h5-8,15-16,20,29H,9-11,13-14H2,1-4H3/t15-,16-,20?/m0/s1.